The first-order valence-corrected chi connectivity index (χ1v) is 6.65. The number of benzene rings is 1. The molecule has 0 fully saturated rings. The van der Waals surface area contributed by atoms with Crippen molar-refractivity contribution in [1.82, 2.24) is 10.6 Å². The molecule has 0 saturated carbocycles. The normalized spacial score (nSPS) is 10.6. The molecular weight excluding hydrogens is 263 g/mol. The van der Waals surface area contributed by atoms with Crippen molar-refractivity contribution in [1.29, 1.82) is 0 Å². The molecule has 0 heterocycles. The highest BCUT2D eigenvalue weighted by Gasteiger charge is 2.10. The quantitative estimate of drug-likeness (QED) is 0.718. The summed E-state index contributed by atoms with van der Waals surface area (Å²) in [5, 5.41) is 5.20. The number of urea groups is 1. The number of carbonyl (C=O) groups is 1. The van der Waals surface area contributed by atoms with Gasteiger partial charge in [-0.15, -0.1) is 0 Å². The van der Waals surface area contributed by atoms with Crippen LogP contribution < -0.4 is 10.6 Å². The molecule has 0 atom stereocenters. The second kappa shape index (κ2) is 9.28. The van der Waals surface area contributed by atoms with Crippen LogP contribution in [0.25, 0.3) is 0 Å². The summed E-state index contributed by atoms with van der Waals surface area (Å²) in [6.45, 7) is 5.08. The van der Waals surface area contributed by atoms with Crippen molar-refractivity contribution >= 4 is 6.03 Å². The van der Waals surface area contributed by atoms with Crippen LogP contribution in [0.1, 0.15) is 19.4 Å². The van der Waals surface area contributed by atoms with E-state index in [0.717, 1.165) is 0 Å². The van der Waals surface area contributed by atoms with E-state index in [9.17, 15) is 9.18 Å². The maximum absolute atomic E-state index is 13.3. The van der Waals surface area contributed by atoms with Gasteiger partial charge in [-0.25, -0.2) is 9.18 Å². The van der Waals surface area contributed by atoms with E-state index in [2.05, 4.69) is 10.6 Å². The third-order valence-electron chi connectivity index (χ3n) is 2.53. The molecule has 6 heteroatoms. The van der Waals surface area contributed by atoms with Crippen LogP contribution in [0.3, 0.4) is 0 Å². The van der Waals surface area contributed by atoms with E-state index in [1.807, 2.05) is 13.8 Å². The molecule has 0 aliphatic rings. The van der Waals surface area contributed by atoms with Crippen molar-refractivity contribution in [2.24, 2.45) is 0 Å². The van der Waals surface area contributed by atoms with Gasteiger partial charge in [0.2, 0.25) is 0 Å². The lowest BCUT2D eigenvalue weighted by atomic mass is 10.2. The molecule has 1 aromatic rings. The zero-order valence-corrected chi connectivity index (χ0v) is 11.8. The largest absolute Gasteiger partial charge is 0.351 e. The molecule has 20 heavy (non-hydrogen) atoms. The molecule has 0 saturated heterocycles. The minimum atomic E-state index is -0.468. The molecule has 1 aromatic carbocycles. The second-order valence-electron chi connectivity index (χ2n) is 4.00. The van der Waals surface area contributed by atoms with Gasteiger partial charge in [0.25, 0.3) is 0 Å². The highest BCUT2D eigenvalue weighted by molar-refractivity contribution is 5.73. The van der Waals surface area contributed by atoms with Gasteiger partial charge in [-0.2, -0.15) is 0 Å². The lowest BCUT2D eigenvalue weighted by Gasteiger charge is -2.17. The Hall–Kier alpha value is -1.66. The molecule has 0 bridgehead atoms. The number of ether oxygens (including phenoxy) is 2. The second-order valence-corrected chi connectivity index (χ2v) is 4.00. The van der Waals surface area contributed by atoms with Gasteiger partial charge >= 0.3 is 6.03 Å². The fourth-order valence-corrected chi connectivity index (χ4v) is 1.59. The van der Waals surface area contributed by atoms with E-state index in [0.29, 0.717) is 18.8 Å². The molecule has 2 N–H and O–H groups in total. The fourth-order valence-electron chi connectivity index (χ4n) is 1.59. The van der Waals surface area contributed by atoms with E-state index in [4.69, 9.17) is 9.47 Å². The Morgan fingerprint density at radius 2 is 1.85 bits per heavy atom. The first-order valence-electron chi connectivity index (χ1n) is 6.65. The number of hydrogen-bond donors (Lipinski definition) is 2. The maximum atomic E-state index is 13.3. The highest BCUT2D eigenvalue weighted by Crippen LogP contribution is 2.05. The molecule has 0 spiro atoms. The van der Waals surface area contributed by atoms with Crippen LogP contribution in [0.15, 0.2) is 24.3 Å². The monoisotopic (exact) mass is 284 g/mol. The number of rotatable bonds is 8. The summed E-state index contributed by atoms with van der Waals surface area (Å²) in [5.41, 5.74) is 0.439. The third-order valence-corrected chi connectivity index (χ3v) is 2.53. The Labute approximate surface area is 118 Å². The Morgan fingerprint density at radius 1 is 1.20 bits per heavy atom. The van der Waals surface area contributed by atoms with E-state index >= 15 is 0 Å². The number of carbonyl (C=O) groups excluding carboxylic acids is 1. The Morgan fingerprint density at radius 3 is 2.45 bits per heavy atom. The van der Waals surface area contributed by atoms with E-state index in [1.54, 1.807) is 18.2 Å². The smallest absolute Gasteiger partial charge is 0.315 e. The van der Waals surface area contributed by atoms with Crippen LogP contribution in [-0.2, 0) is 16.0 Å². The summed E-state index contributed by atoms with van der Waals surface area (Å²) in [5.74, 6) is -0.339. The van der Waals surface area contributed by atoms with Crippen molar-refractivity contribution in [2.75, 3.05) is 19.8 Å². The molecule has 1 rings (SSSR count). The van der Waals surface area contributed by atoms with Gasteiger partial charge in [0.05, 0.1) is 6.54 Å². The van der Waals surface area contributed by atoms with Gasteiger partial charge in [0, 0.05) is 25.3 Å². The lowest BCUT2D eigenvalue weighted by molar-refractivity contribution is -0.131. The zero-order chi connectivity index (χ0) is 14.8. The Kier molecular flexibility index (Phi) is 7.60. The van der Waals surface area contributed by atoms with Crippen molar-refractivity contribution in [2.45, 2.75) is 26.7 Å². The van der Waals surface area contributed by atoms with Crippen molar-refractivity contribution in [3.63, 3.8) is 0 Å². The van der Waals surface area contributed by atoms with Crippen LogP contribution in [0.4, 0.5) is 9.18 Å². The summed E-state index contributed by atoms with van der Waals surface area (Å²) in [7, 11) is 0. The van der Waals surface area contributed by atoms with Crippen LogP contribution >= 0.6 is 0 Å². The Bertz CT molecular complexity index is 409. The molecule has 0 aliphatic heterocycles. The topological polar surface area (TPSA) is 59.6 Å². The minimum absolute atomic E-state index is 0.131. The first-order chi connectivity index (χ1) is 9.67. The third kappa shape index (κ3) is 5.99. The van der Waals surface area contributed by atoms with Gasteiger partial charge in [-0.1, -0.05) is 18.2 Å². The van der Waals surface area contributed by atoms with Gasteiger partial charge in [0.15, 0.2) is 6.29 Å². The molecular formula is C14H21FN2O3. The molecule has 5 nitrogen and oxygen atoms in total. The van der Waals surface area contributed by atoms with Gasteiger partial charge in [0.1, 0.15) is 5.82 Å². The summed E-state index contributed by atoms with van der Waals surface area (Å²) < 4.78 is 23.9. The van der Waals surface area contributed by atoms with Crippen molar-refractivity contribution in [3.8, 4) is 0 Å². The number of amides is 2. The fraction of sp³-hybridized carbons (Fsp3) is 0.500. The van der Waals surface area contributed by atoms with E-state index in [-0.39, 0.29) is 18.9 Å². The van der Waals surface area contributed by atoms with Crippen LogP contribution in [-0.4, -0.2) is 32.1 Å². The van der Waals surface area contributed by atoms with Gasteiger partial charge < -0.3 is 20.1 Å². The van der Waals surface area contributed by atoms with Gasteiger partial charge in [-0.3, -0.25) is 0 Å². The molecule has 0 aliphatic carbocycles. The van der Waals surface area contributed by atoms with Crippen LogP contribution in [0, 0.1) is 5.82 Å². The summed E-state index contributed by atoms with van der Waals surface area (Å²) >= 11 is 0. The SMILES string of the molecule is CCOC(CNC(=O)NCc1ccccc1F)OCC. The average Bonchev–Trinajstić information content (AvgIpc) is 2.44. The lowest BCUT2D eigenvalue weighted by Crippen LogP contribution is -2.41. The predicted octanol–water partition coefficient (Wildman–Crippen LogP) is 2.02. The Balaban J connectivity index is 2.31. The number of nitrogens with one attached hydrogen (secondary N) is 2. The number of halogens is 1. The number of hydrogen-bond acceptors (Lipinski definition) is 3. The molecule has 0 aromatic heterocycles. The van der Waals surface area contributed by atoms with Crippen molar-refractivity contribution < 1.29 is 18.7 Å². The first kappa shape index (κ1) is 16.4. The average molecular weight is 284 g/mol. The van der Waals surface area contributed by atoms with E-state index in [1.165, 1.54) is 6.07 Å². The zero-order valence-electron chi connectivity index (χ0n) is 11.8. The maximum Gasteiger partial charge on any atom is 0.315 e. The van der Waals surface area contributed by atoms with Gasteiger partial charge in [-0.05, 0) is 19.9 Å². The standard InChI is InChI=1S/C14H21FN2O3/c1-3-19-13(20-4-2)10-17-14(18)16-9-11-7-5-6-8-12(11)15/h5-8,13H,3-4,9-10H2,1-2H3,(H2,16,17,18). The highest BCUT2D eigenvalue weighted by atomic mass is 19.1. The van der Waals surface area contributed by atoms with Crippen molar-refractivity contribution in [3.05, 3.63) is 35.6 Å². The summed E-state index contributed by atoms with van der Waals surface area (Å²) in [6, 6.07) is 5.91. The molecule has 0 unspecified atom stereocenters. The summed E-state index contributed by atoms with van der Waals surface area (Å²) in [6.07, 6.45) is -0.468. The predicted molar refractivity (Wildman–Crippen MR) is 73.7 cm³/mol. The van der Waals surface area contributed by atoms with Crippen LogP contribution in [0.5, 0.6) is 0 Å². The molecule has 2 amide bonds. The van der Waals surface area contributed by atoms with E-state index < -0.39 is 12.3 Å². The van der Waals surface area contributed by atoms with Crippen LogP contribution in [0.2, 0.25) is 0 Å². The minimum Gasteiger partial charge on any atom is -0.351 e. The summed E-state index contributed by atoms with van der Waals surface area (Å²) in [4.78, 5) is 11.6. The molecule has 0 radical (unpaired) electrons. The molecule has 112 valence electrons.